The molecule has 172 valence electrons. The van der Waals surface area contributed by atoms with Crippen LogP contribution >= 0.6 is 0 Å². The first-order chi connectivity index (χ1) is 16.2. The fraction of sp³-hybridized carbons (Fsp3) is 0.154. The van der Waals surface area contributed by atoms with Crippen molar-refractivity contribution >= 4 is 28.7 Å². The summed E-state index contributed by atoms with van der Waals surface area (Å²) < 4.78 is 15.4. The minimum absolute atomic E-state index is 0.162. The van der Waals surface area contributed by atoms with E-state index >= 15 is 0 Å². The van der Waals surface area contributed by atoms with E-state index in [9.17, 15) is 9.18 Å². The summed E-state index contributed by atoms with van der Waals surface area (Å²) in [5.74, 6) is -0.447. The Bertz CT molecular complexity index is 1440. The Kier molecular flexibility index (Phi) is 5.98. The predicted molar refractivity (Wildman–Crippen MR) is 134 cm³/mol. The smallest absolute Gasteiger partial charge is 0.273 e. The van der Waals surface area contributed by atoms with Crippen molar-refractivity contribution in [3.8, 4) is 11.3 Å². The van der Waals surface area contributed by atoms with E-state index in [1.165, 1.54) is 17.0 Å². The molecule has 2 heterocycles. The van der Waals surface area contributed by atoms with E-state index in [0.717, 1.165) is 22.4 Å². The number of aliphatic imine (C=N–C) groups is 1. The van der Waals surface area contributed by atoms with Gasteiger partial charge in [0.15, 0.2) is 11.5 Å². The van der Waals surface area contributed by atoms with Crippen molar-refractivity contribution in [2.75, 3.05) is 26.9 Å². The molecule has 0 unspecified atom stereocenters. The van der Waals surface area contributed by atoms with Crippen molar-refractivity contribution in [2.24, 2.45) is 4.99 Å². The Labute approximate surface area is 197 Å². The summed E-state index contributed by atoms with van der Waals surface area (Å²) in [7, 11) is 5.05. The second kappa shape index (κ2) is 8.90. The van der Waals surface area contributed by atoms with Crippen LogP contribution in [0.15, 0.2) is 77.5 Å². The van der Waals surface area contributed by atoms with Crippen LogP contribution in [0.3, 0.4) is 0 Å². The van der Waals surface area contributed by atoms with E-state index in [0.29, 0.717) is 22.6 Å². The molecule has 0 fully saturated rings. The number of fused-ring (bicyclic) bond motifs is 1. The lowest BCUT2D eigenvalue weighted by Crippen LogP contribution is -2.21. The first kappa shape index (κ1) is 22.8. The van der Waals surface area contributed by atoms with Gasteiger partial charge in [-0.3, -0.25) is 14.2 Å². The highest BCUT2D eigenvalue weighted by Gasteiger charge is 2.23. The third kappa shape index (κ3) is 3.94. The number of nitrogens with two attached hydrogens (primary N) is 1. The lowest BCUT2D eigenvalue weighted by molar-refractivity contribution is 0.0822. The Balaban J connectivity index is 2.08. The maximum atomic E-state index is 13.7. The van der Waals surface area contributed by atoms with Crippen molar-refractivity contribution < 1.29 is 9.18 Å². The molecule has 0 spiro atoms. The lowest BCUT2D eigenvalue weighted by Gasteiger charge is -2.18. The molecule has 1 aromatic carbocycles. The molecule has 34 heavy (non-hydrogen) atoms. The van der Waals surface area contributed by atoms with Crippen LogP contribution in [0.2, 0.25) is 0 Å². The highest BCUT2D eigenvalue weighted by molar-refractivity contribution is 6.15. The van der Waals surface area contributed by atoms with Crippen LogP contribution in [-0.2, 0) is 0 Å². The molecule has 1 aliphatic rings. The van der Waals surface area contributed by atoms with Gasteiger partial charge in [-0.1, -0.05) is 18.7 Å². The number of anilines is 1. The Hall–Kier alpha value is -4.33. The van der Waals surface area contributed by atoms with Gasteiger partial charge in [0.25, 0.3) is 5.91 Å². The highest BCUT2D eigenvalue weighted by Crippen LogP contribution is 2.34. The third-order valence-electron chi connectivity index (χ3n) is 5.62. The summed E-state index contributed by atoms with van der Waals surface area (Å²) in [6.07, 6.45) is 9.26. The van der Waals surface area contributed by atoms with Gasteiger partial charge in [0.1, 0.15) is 11.5 Å². The highest BCUT2D eigenvalue weighted by atomic mass is 19.1. The number of benzene rings is 1. The quantitative estimate of drug-likeness (QED) is 0.632. The summed E-state index contributed by atoms with van der Waals surface area (Å²) >= 11 is 0. The molecule has 0 bridgehead atoms. The molecule has 0 saturated heterocycles. The van der Waals surface area contributed by atoms with Crippen molar-refractivity contribution in [3.05, 3.63) is 89.7 Å². The van der Waals surface area contributed by atoms with Crippen LogP contribution in [0, 0.1) is 5.82 Å². The molecule has 2 aromatic heterocycles. The van der Waals surface area contributed by atoms with Crippen LogP contribution < -0.4 is 5.73 Å². The van der Waals surface area contributed by atoms with Gasteiger partial charge in [0.2, 0.25) is 0 Å². The average molecular weight is 457 g/mol. The summed E-state index contributed by atoms with van der Waals surface area (Å²) in [5, 5.41) is 0. The van der Waals surface area contributed by atoms with Crippen molar-refractivity contribution in [1.29, 1.82) is 0 Å². The Morgan fingerprint density at radius 1 is 1.21 bits per heavy atom. The maximum absolute atomic E-state index is 13.7. The van der Waals surface area contributed by atoms with Crippen LogP contribution in [0.1, 0.15) is 23.1 Å². The molecule has 1 amide bonds. The Morgan fingerprint density at radius 3 is 2.53 bits per heavy atom. The molecule has 3 aromatic rings. The molecule has 7 nitrogen and oxygen atoms in total. The summed E-state index contributed by atoms with van der Waals surface area (Å²) in [6.45, 7) is 5.85. The molecular weight excluding hydrogens is 431 g/mol. The number of halogens is 1. The first-order valence-electron chi connectivity index (χ1n) is 10.6. The molecular formula is C26H25FN6O. The number of amides is 1. The number of nitrogen functional groups attached to an aromatic ring is 1. The number of carbonyl (C=O) groups is 1. The molecule has 0 aliphatic heterocycles. The lowest BCUT2D eigenvalue weighted by atomic mass is 9.92. The SMILES string of the molecule is C=C/C(C)=C1/C=C(c2c(-c3ccc(F)cc3)nc(N)c3nc(C(=O)N(C)C)cn23)C=CC1=NC. The van der Waals surface area contributed by atoms with Gasteiger partial charge in [0, 0.05) is 44.0 Å². The van der Waals surface area contributed by atoms with Crippen LogP contribution in [-0.4, -0.2) is 52.0 Å². The number of carbonyl (C=O) groups excluding carboxylic acids is 1. The number of nitrogens with zero attached hydrogens (tertiary/aromatic N) is 5. The number of aromatic nitrogens is 3. The second-order valence-corrected chi connectivity index (χ2v) is 8.06. The fourth-order valence-electron chi connectivity index (χ4n) is 3.79. The van der Waals surface area contributed by atoms with Crippen LogP contribution in [0.5, 0.6) is 0 Å². The Morgan fingerprint density at radius 2 is 1.91 bits per heavy atom. The van der Waals surface area contributed by atoms with Crippen molar-refractivity contribution in [2.45, 2.75) is 6.92 Å². The van der Waals surface area contributed by atoms with Gasteiger partial charge in [-0.05, 0) is 48.9 Å². The van der Waals surface area contributed by atoms with E-state index in [2.05, 4.69) is 21.5 Å². The predicted octanol–water partition coefficient (Wildman–Crippen LogP) is 4.35. The zero-order valence-electron chi connectivity index (χ0n) is 19.5. The van der Waals surface area contributed by atoms with E-state index in [4.69, 9.17) is 5.73 Å². The minimum Gasteiger partial charge on any atom is -0.381 e. The molecule has 0 atom stereocenters. The third-order valence-corrected chi connectivity index (χ3v) is 5.62. The minimum atomic E-state index is -0.353. The standard InChI is InChI=1S/C26H25FN6O/c1-6-15(2)19-13-17(9-12-20(19)29-3)23-22(16-7-10-18(27)11-8-16)31-24(28)25-30-21(14-33(23)25)26(34)32(4)5/h6-14H,1H2,2-5H3,(H2,28,31)/b19-15-,29-20?. The summed E-state index contributed by atoms with van der Waals surface area (Å²) in [4.78, 5) is 27.6. The van der Waals surface area contributed by atoms with Crippen LogP contribution in [0.4, 0.5) is 10.2 Å². The average Bonchev–Trinajstić information content (AvgIpc) is 3.29. The summed E-state index contributed by atoms with van der Waals surface area (Å²) in [6, 6.07) is 6.03. The second-order valence-electron chi connectivity index (χ2n) is 8.06. The van der Waals surface area contributed by atoms with Crippen LogP contribution in [0.25, 0.3) is 22.5 Å². The zero-order valence-corrected chi connectivity index (χ0v) is 19.5. The number of hydrogen-bond donors (Lipinski definition) is 1. The number of allylic oxidation sites excluding steroid dienone is 7. The number of imidazole rings is 1. The molecule has 0 saturated carbocycles. The molecule has 4 rings (SSSR count). The van der Waals surface area contributed by atoms with Crippen molar-refractivity contribution in [3.63, 3.8) is 0 Å². The molecule has 1 aliphatic carbocycles. The molecule has 8 heteroatoms. The maximum Gasteiger partial charge on any atom is 0.273 e. The van der Waals surface area contributed by atoms with Gasteiger partial charge < -0.3 is 10.6 Å². The van der Waals surface area contributed by atoms with Gasteiger partial charge in [-0.15, -0.1) is 0 Å². The number of rotatable bonds is 4. The largest absolute Gasteiger partial charge is 0.381 e. The fourth-order valence-corrected chi connectivity index (χ4v) is 3.79. The topological polar surface area (TPSA) is 88.9 Å². The van der Waals surface area contributed by atoms with E-state index < -0.39 is 0 Å². The molecule has 2 N–H and O–H groups in total. The van der Waals surface area contributed by atoms with Gasteiger partial charge in [-0.25, -0.2) is 14.4 Å². The number of hydrogen-bond acceptors (Lipinski definition) is 5. The van der Waals surface area contributed by atoms with E-state index in [1.54, 1.807) is 49.9 Å². The van der Waals surface area contributed by atoms with Crippen molar-refractivity contribution in [1.82, 2.24) is 19.3 Å². The zero-order chi connectivity index (χ0) is 24.6. The monoisotopic (exact) mass is 456 g/mol. The normalized spacial score (nSPS) is 16.0. The molecule has 0 radical (unpaired) electrons. The van der Waals surface area contributed by atoms with E-state index in [1.807, 2.05) is 25.2 Å². The van der Waals surface area contributed by atoms with Gasteiger partial charge in [-0.2, -0.15) is 0 Å². The van der Waals surface area contributed by atoms with Gasteiger partial charge >= 0.3 is 0 Å². The first-order valence-corrected chi connectivity index (χ1v) is 10.6. The summed E-state index contributed by atoms with van der Waals surface area (Å²) in [5.41, 5.74) is 12.3. The van der Waals surface area contributed by atoms with E-state index in [-0.39, 0.29) is 23.2 Å². The van der Waals surface area contributed by atoms with Gasteiger partial charge in [0.05, 0.1) is 17.1 Å².